The lowest BCUT2D eigenvalue weighted by Gasteiger charge is -2.24. The highest BCUT2D eigenvalue weighted by Crippen LogP contribution is 2.08. The number of carbonyl (C=O) groups is 1. The van der Waals surface area contributed by atoms with Crippen molar-refractivity contribution in [3.63, 3.8) is 0 Å². The van der Waals surface area contributed by atoms with Crippen molar-refractivity contribution >= 4 is 5.91 Å². The monoisotopic (exact) mass is 265 g/mol. The fraction of sp³-hybridized carbons (Fsp3) is 0.667. The molecule has 0 saturated carbocycles. The molecule has 1 rings (SSSR count). The Balaban J connectivity index is 2.52. The summed E-state index contributed by atoms with van der Waals surface area (Å²) in [5.74, 6) is 0.0693. The molecule has 0 aliphatic heterocycles. The summed E-state index contributed by atoms with van der Waals surface area (Å²) >= 11 is 0. The molecule has 0 radical (unpaired) electrons. The van der Waals surface area contributed by atoms with Crippen molar-refractivity contribution in [2.75, 3.05) is 6.54 Å². The normalized spacial score (nSPS) is 11.6. The van der Waals surface area contributed by atoms with Crippen molar-refractivity contribution in [2.24, 2.45) is 0 Å². The number of hydrogen-bond donors (Lipinski definition) is 2. The lowest BCUT2D eigenvalue weighted by Crippen LogP contribution is -2.44. The van der Waals surface area contributed by atoms with Crippen LogP contribution in [0.15, 0.2) is 18.3 Å². The standard InChI is InChI=1S/C15H27N3O/c1-5-9-16-11-13-8-7-10-18(13)12-14(19)17-15(3,4)6-2/h7-8,10,16H,5-6,9,11-12H2,1-4H3,(H,17,19). The Hall–Kier alpha value is -1.29. The second-order valence-electron chi connectivity index (χ2n) is 5.59. The van der Waals surface area contributed by atoms with E-state index < -0.39 is 0 Å². The van der Waals surface area contributed by atoms with Gasteiger partial charge in [-0.05, 0) is 45.4 Å². The van der Waals surface area contributed by atoms with Crippen LogP contribution in [0.5, 0.6) is 0 Å². The molecule has 1 aromatic heterocycles. The second kappa shape index (κ2) is 7.34. The van der Waals surface area contributed by atoms with E-state index in [2.05, 4.69) is 30.5 Å². The molecule has 4 heteroatoms. The topological polar surface area (TPSA) is 46.1 Å². The molecule has 0 aliphatic carbocycles. The van der Waals surface area contributed by atoms with E-state index >= 15 is 0 Å². The number of rotatable bonds is 8. The summed E-state index contributed by atoms with van der Waals surface area (Å²) in [4.78, 5) is 12.0. The van der Waals surface area contributed by atoms with Crippen LogP contribution in [-0.4, -0.2) is 22.6 Å². The van der Waals surface area contributed by atoms with Crippen LogP contribution in [0.4, 0.5) is 0 Å². The van der Waals surface area contributed by atoms with Gasteiger partial charge in [0, 0.05) is 24.0 Å². The third kappa shape index (κ3) is 5.47. The molecule has 0 unspecified atom stereocenters. The fourth-order valence-electron chi connectivity index (χ4n) is 1.82. The molecule has 1 heterocycles. The first kappa shape index (κ1) is 15.8. The van der Waals surface area contributed by atoms with Crippen LogP contribution < -0.4 is 10.6 Å². The molecule has 19 heavy (non-hydrogen) atoms. The Kier molecular flexibility index (Phi) is 6.09. The average Bonchev–Trinajstić information content (AvgIpc) is 2.76. The minimum atomic E-state index is -0.134. The number of aromatic nitrogens is 1. The molecule has 0 aromatic carbocycles. The maximum atomic E-state index is 12.0. The smallest absolute Gasteiger partial charge is 0.240 e. The summed E-state index contributed by atoms with van der Waals surface area (Å²) in [6.45, 7) is 10.5. The van der Waals surface area contributed by atoms with Gasteiger partial charge in [-0.2, -0.15) is 0 Å². The molecule has 0 atom stereocenters. The van der Waals surface area contributed by atoms with Gasteiger partial charge < -0.3 is 15.2 Å². The molecule has 0 fully saturated rings. The molecule has 1 amide bonds. The van der Waals surface area contributed by atoms with Crippen molar-refractivity contribution < 1.29 is 4.79 Å². The molecule has 0 saturated heterocycles. The Bertz CT molecular complexity index is 396. The average molecular weight is 265 g/mol. The van der Waals surface area contributed by atoms with E-state index in [1.54, 1.807) is 0 Å². The highest BCUT2D eigenvalue weighted by Gasteiger charge is 2.18. The molecule has 2 N–H and O–H groups in total. The number of carbonyl (C=O) groups excluding carboxylic acids is 1. The van der Waals surface area contributed by atoms with Crippen molar-refractivity contribution in [1.29, 1.82) is 0 Å². The Morgan fingerprint density at radius 3 is 2.74 bits per heavy atom. The Morgan fingerprint density at radius 1 is 1.37 bits per heavy atom. The van der Waals surface area contributed by atoms with Crippen molar-refractivity contribution in [1.82, 2.24) is 15.2 Å². The van der Waals surface area contributed by atoms with Crippen LogP contribution in [-0.2, 0) is 17.9 Å². The maximum Gasteiger partial charge on any atom is 0.240 e. The molecule has 108 valence electrons. The summed E-state index contributed by atoms with van der Waals surface area (Å²) in [5.41, 5.74) is 1.02. The van der Waals surface area contributed by atoms with Crippen LogP contribution in [0.3, 0.4) is 0 Å². The zero-order chi connectivity index (χ0) is 14.3. The summed E-state index contributed by atoms with van der Waals surface area (Å²) < 4.78 is 2.00. The number of nitrogens with zero attached hydrogens (tertiary/aromatic N) is 1. The van der Waals surface area contributed by atoms with Gasteiger partial charge in [-0.15, -0.1) is 0 Å². The van der Waals surface area contributed by atoms with Gasteiger partial charge in [0.05, 0.1) is 0 Å². The first-order chi connectivity index (χ1) is 8.98. The lowest BCUT2D eigenvalue weighted by atomic mass is 10.0. The van der Waals surface area contributed by atoms with Crippen LogP contribution >= 0.6 is 0 Å². The molecule has 0 spiro atoms. The third-order valence-electron chi connectivity index (χ3n) is 3.33. The van der Waals surface area contributed by atoms with Crippen molar-refractivity contribution in [2.45, 2.75) is 59.2 Å². The molecule has 0 bridgehead atoms. The van der Waals surface area contributed by atoms with Gasteiger partial charge in [-0.25, -0.2) is 0 Å². The molecular weight excluding hydrogens is 238 g/mol. The Morgan fingerprint density at radius 2 is 2.11 bits per heavy atom. The van der Waals surface area contributed by atoms with E-state index in [1.165, 1.54) is 0 Å². The van der Waals surface area contributed by atoms with E-state index in [4.69, 9.17) is 0 Å². The minimum absolute atomic E-state index is 0.0693. The molecule has 1 aromatic rings. The first-order valence-electron chi connectivity index (χ1n) is 7.14. The SMILES string of the molecule is CCCNCc1cccn1CC(=O)NC(C)(C)CC. The lowest BCUT2D eigenvalue weighted by molar-refractivity contribution is -0.123. The van der Waals surface area contributed by atoms with Gasteiger partial charge in [0.25, 0.3) is 0 Å². The van der Waals surface area contributed by atoms with Crippen LogP contribution in [0.1, 0.15) is 46.2 Å². The third-order valence-corrected chi connectivity index (χ3v) is 3.33. The summed E-state index contributed by atoms with van der Waals surface area (Å²) in [6, 6.07) is 4.04. The number of amides is 1. The highest BCUT2D eigenvalue weighted by molar-refractivity contribution is 5.76. The summed E-state index contributed by atoms with van der Waals surface area (Å²) in [5, 5.41) is 6.42. The van der Waals surface area contributed by atoms with Gasteiger partial charge >= 0.3 is 0 Å². The molecule has 0 aliphatic rings. The minimum Gasteiger partial charge on any atom is -0.350 e. The van der Waals surface area contributed by atoms with E-state index in [9.17, 15) is 4.79 Å². The van der Waals surface area contributed by atoms with Gasteiger partial charge in [-0.1, -0.05) is 13.8 Å². The number of nitrogens with one attached hydrogen (secondary N) is 2. The predicted octanol–water partition coefficient (Wildman–Crippen LogP) is 2.29. The summed E-state index contributed by atoms with van der Waals surface area (Å²) in [6.07, 6.45) is 4.00. The van der Waals surface area contributed by atoms with Crippen molar-refractivity contribution in [3.8, 4) is 0 Å². The van der Waals surface area contributed by atoms with E-state index in [0.717, 1.165) is 31.6 Å². The van der Waals surface area contributed by atoms with E-state index in [-0.39, 0.29) is 11.4 Å². The largest absolute Gasteiger partial charge is 0.350 e. The fourth-order valence-corrected chi connectivity index (χ4v) is 1.82. The second-order valence-corrected chi connectivity index (χ2v) is 5.59. The Labute approximate surface area is 116 Å². The maximum absolute atomic E-state index is 12.0. The molecular formula is C15H27N3O. The zero-order valence-electron chi connectivity index (χ0n) is 12.6. The van der Waals surface area contributed by atoms with Crippen LogP contribution in [0.25, 0.3) is 0 Å². The predicted molar refractivity (Wildman–Crippen MR) is 78.9 cm³/mol. The zero-order valence-corrected chi connectivity index (χ0v) is 12.6. The van der Waals surface area contributed by atoms with Gasteiger partial charge in [0.15, 0.2) is 0 Å². The van der Waals surface area contributed by atoms with Crippen LogP contribution in [0, 0.1) is 0 Å². The quantitative estimate of drug-likeness (QED) is 0.708. The van der Waals surface area contributed by atoms with Crippen LogP contribution in [0.2, 0.25) is 0 Å². The van der Waals surface area contributed by atoms with Gasteiger partial charge in [0.2, 0.25) is 5.91 Å². The van der Waals surface area contributed by atoms with E-state index in [1.807, 2.05) is 30.7 Å². The van der Waals surface area contributed by atoms with Crippen molar-refractivity contribution in [3.05, 3.63) is 24.0 Å². The van der Waals surface area contributed by atoms with E-state index in [0.29, 0.717) is 6.54 Å². The van der Waals surface area contributed by atoms with Gasteiger partial charge in [-0.3, -0.25) is 4.79 Å². The number of hydrogen-bond acceptors (Lipinski definition) is 2. The first-order valence-corrected chi connectivity index (χ1v) is 7.14. The molecule has 4 nitrogen and oxygen atoms in total. The van der Waals surface area contributed by atoms with Gasteiger partial charge in [0.1, 0.15) is 6.54 Å². The summed E-state index contributed by atoms with van der Waals surface area (Å²) in [7, 11) is 0. The highest BCUT2D eigenvalue weighted by atomic mass is 16.2.